The molecular formula is C11H7NO2. The first kappa shape index (κ1) is 7.38. The minimum absolute atomic E-state index is 0.727. The normalized spacial score (nSPS) is 10.9. The number of hydrogen-bond acceptors (Lipinski definition) is 3. The number of nitrogens with zero attached hydrogens (tertiary/aromatic N) is 1. The summed E-state index contributed by atoms with van der Waals surface area (Å²) in [6.07, 6.45) is 4.76. The molecule has 3 heteroatoms. The number of furan rings is 1. The lowest BCUT2D eigenvalue weighted by Crippen LogP contribution is -1.74. The Hall–Kier alpha value is -2.03. The van der Waals surface area contributed by atoms with Crippen LogP contribution in [0.4, 0.5) is 0 Å². The molecule has 0 aliphatic carbocycles. The van der Waals surface area contributed by atoms with E-state index in [1.807, 2.05) is 24.3 Å². The highest BCUT2D eigenvalue weighted by Gasteiger charge is 2.08. The van der Waals surface area contributed by atoms with Gasteiger partial charge in [0.15, 0.2) is 12.2 Å². The molecule has 3 nitrogen and oxygen atoms in total. The quantitative estimate of drug-likeness (QED) is 0.584. The second-order valence-electron chi connectivity index (χ2n) is 3.01. The van der Waals surface area contributed by atoms with E-state index in [1.54, 1.807) is 12.5 Å². The summed E-state index contributed by atoms with van der Waals surface area (Å²) >= 11 is 0. The van der Waals surface area contributed by atoms with Gasteiger partial charge in [-0.2, -0.15) is 0 Å². The standard InChI is InChI=1S/C11H7NO2/c1-2-8-4-5-13-11(8)9(3-1)10-6-12-7-14-10/h1-7H. The molecule has 0 spiro atoms. The molecule has 0 amide bonds. The van der Waals surface area contributed by atoms with Gasteiger partial charge in [0.25, 0.3) is 0 Å². The predicted molar refractivity (Wildman–Crippen MR) is 51.7 cm³/mol. The monoisotopic (exact) mass is 185 g/mol. The molecule has 0 radical (unpaired) electrons. The Morgan fingerprint density at radius 1 is 1.07 bits per heavy atom. The fourth-order valence-electron chi connectivity index (χ4n) is 1.54. The summed E-state index contributed by atoms with van der Waals surface area (Å²) in [7, 11) is 0. The Kier molecular flexibility index (Phi) is 1.44. The van der Waals surface area contributed by atoms with Crippen LogP contribution in [-0.2, 0) is 0 Å². The van der Waals surface area contributed by atoms with Crippen LogP contribution >= 0.6 is 0 Å². The number of hydrogen-bond donors (Lipinski definition) is 0. The van der Waals surface area contributed by atoms with Gasteiger partial charge >= 0.3 is 0 Å². The SMILES string of the molecule is c1cc(-c2cnco2)c2occc2c1. The van der Waals surface area contributed by atoms with Crippen LogP contribution in [0.25, 0.3) is 22.3 Å². The van der Waals surface area contributed by atoms with E-state index in [9.17, 15) is 0 Å². The van der Waals surface area contributed by atoms with Gasteiger partial charge in [0, 0.05) is 5.39 Å². The third-order valence-corrected chi connectivity index (χ3v) is 2.18. The first-order chi connectivity index (χ1) is 6.95. The van der Waals surface area contributed by atoms with Crippen molar-refractivity contribution in [1.29, 1.82) is 0 Å². The molecule has 68 valence electrons. The average Bonchev–Trinajstić information content (AvgIpc) is 2.88. The zero-order valence-electron chi connectivity index (χ0n) is 7.31. The summed E-state index contributed by atoms with van der Waals surface area (Å²) in [5.74, 6) is 0.727. The molecule has 0 fully saturated rings. The van der Waals surface area contributed by atoms with Crippen LogP contribution in [0.5, 0.6) is 0 Å². The molecule has 0 aliphatic rings. The Morgan fingerprint density at radius 2 is 2.07 bits per heavy atom. The van der Waals surface area contributed by atoms with E-state index in [4.69, 9.17) is 8.83 Å². The van der Waals surface area contributed by atoms with Crippen LogP contribution in [0.15, 0.2) is 52.0 Å². The lowest BCUT2D eigenvalue weighted by atomic mass is 10.1. The second kappa shape index (κ2) is 2.73. The average molecular weight is 185 g/mol. The Balaban J connectivity index is 2.36. The molecule has 14 heavy (non-hydrogen) atoms. The molecule has 0 bridgehead atoms. The van der Waals surface area contributed by atoms with E-state index in [0.29, 0.717) is 0 Å². The van der Waals surface area contributed by atoms with E-state index in [1.165, 1.54) is 6.39 Å². The van der Waals surface area contributed by atoms with Gasteiger partial charge < -0.3 is 8.83 Å². The summed E-state index contributed by atoms with van der Waals surface area (Å²) in [6, 6.07) is 7.84. The largest absolute Gasteiger partial charge is 0.464 e. The predicted octanol–water partition coefficient (Wildman–Crippen LogP) is 3.09. The first-order valence-electron chi connectivity index (χ1n) is 4.30. The maximum absolute atomic E-state index is 5.39. The third-order valence-electron chi connectivity index (χ3n) is 2.18. The highest BCUT2D eigenvalue weighted by Crippen LogP contribution is 2.28. The Bertz CT molecular complexity index is 551. The van der Waals surface area contributed by atoms with E-state index in [0.717, 1.165) is 22.3 Å². The van der Waals surface area contributed by atoms with Crippen molar-refractivity contribution in [2.75, 3.05) is 0 Å². The van der Waals surface area contributed by atoms with Crippen molar-refractivity contribution in [2.24, 2.45) is 0 Å². The molecule has 0 saturated heterocycles. The molecule has 0 saturated carbocycles. The maximum atomic E-state index is 5.39. The summed E-state index contributed by atoms with van der Waals surface area (Å²) in [5, 5.41) is 1.07. The first-order valence-corrected chi connectivity index (χ1v) is 4.30. The van der Waals surface area contributed by atoms with Crippen LogP contribution in [0.1, 0.15) is 0 Å². The lowest BCUT2D eigenvalue weighted by molar-refractivity contribution is 0.568. The van der Waals surface area contributed by atoms with Crippen LogP contribution in [-0.4, -0.2) is 4.98 Å². The van der Waals surface area contributed by atoms with Gasteiger partial charge in [0.2, 0.25) is 0 Å². The van der Waals surface area contributed by atoms with Crippen molar-refractivity contribution >= 4 is 11.0 Å². The number of fused-ring (bicyclic) bond motifs is 1. The highest BCUT2D eigenvalue weighted by molar-refractivity contribution is 5.90. The number of para-hydroxylation sites is 1. The molecule has 1 aromatic carbocycles. The smallest absolute Gasteiger partial charge is 0.181 e. The van der Waals surface area contributed by atoms with Crippen LogP contribution in [0.2, 0.25) is 0 Å². The van der Waals surface area contributed by atoms with Crippen molar-refractivity contribution in [2.45, 2.75) is 0 Å². The van der Waals surface area contributed by atoms with Gasteiger partial charge in [0.05, 0.1) is 18.0 Å². The number of oxazole rings is 1. The summed E-state index contributed by atoms with van der Waals surface area (Å²) in [5.41, 5.74) is 1.77. The summed E-state index contributed by atoms with van der Waals surface area (Å²) in [6.45, 7) is 0. The zero-order chi connectivity index (χ0) is 9.38. The number of benzene rings is 1. The lowest BCUT2D eigenvalue weighted by Gasteiger charge is -1.96. The van der Waals surface area contributed by atoms with Crippen LogP contribution in [0, 0.1) is 0 Å². The molecule has 0 atom stereocenters. The number of rotatable bonds is 1. The van der Waals surface area contributed by atoms with Crippen molar-refractivity contribution in [3.05, 3.63) is 43.1 Å². The third kappa shape index (κ3) is 0.956. The van der Waals surface area contributed by atoms with Crippen LogP contribution < -0.4 is 0 Å². The van der Waals surface area contributed by atoms with Crippen LogP contribution in [0.3, 0.4) is 0 Å². The fraction of sp³-hybridized carbons (Fsp3) is 0. The van der Waals surface area contributed by atoms with Gasteiger partial charge in [0.1, 0.15) is 5.58 Å². The molecule has 3 aromatic rings. The van der Waals surface area contributed by atoms with E-state index in [2.05, 4.69) is 4.98 Å². The maximum Gasteiger partial charge on any atom is 0.181 e. The molecule has 0 aliphatic heterocycles. The molecule has 0 unspecified atom stereocenters. The topological polar surface area (TPSA) is 39.2 Å². The summed E-state index contributed by atoms with van der Waals surface area (Å²) in [4.78, 5) is 3.88. The van der Waals surface area contributed by atoms with Crippen molar-refractivity contribution in [3.8, 4) is 11.3 Å². The van der Waals surface area contributed by atoms with Gasteiger partial charge in [-0.1, -0.05) is 12.1 Å². The van der Waals surface area contributed by atoms with Gasteiger partial charge in [-0.25, -0.2) is 4.98 Å². The van der Waals surface area contributed by atoms with Crippen molar-refractivity contribution in [3.63, 3.8) is 0 Å². The minimum atomic E-state index is 0.727. The van der Waals surface area contributed by atoms with Crippen molar-refractivity contribution in [1.82, 2.24) is 4.98 Å². The second-order valence-corrected chi connectivity index (χ2v) is 3.01. The summed E-state index contributed by atoms with van der Waals surface area (Å²) < 4.78 is 10.6. The molecular weight excluding hydrogens is 178 g/mol. The number of aromatic nitrogens is 1. The molecule has 3 rings (SSSR count). The highest BCUT2D eigenvalue weighted by atomic mass is 16.3. The van der Waals surface area contributed by atoms with E-state index in [-0.39, 0.29) is 0 Å². The van der Waals surface area contributed by atoms with Gasteiger partial charge in [-0.15, -0.1) is 0 Å². The van der Waals surface area contributed by atoms with E-state index < -0.39 is 0 Å². The minimum Gasteiger partial charge on any atom is -0.464 e. The van der Waals surface area contributed by atoms with E-state index >= 15 is 0 Å². The molecule has 0 N–H and O–H groups in total. The fourth-order valence-corrected chi connectivity index (χ4v) is 1.54. The van der Waals surface area contributed by atoms with Crippen molar-refractivity contribution < 1.29 is 8.83 Å². The molecule has 2 aromatic heterocycles. The Morgan fingerprint density at radius 3 is 2.93 bits per heavy atom. The molecule has 2 heterocycles. The Labute approximate surface area is 80.0 Å². The zero-order valence-corrected chi connectivity index (χ0v) is 7.31. The van der Waals surface area contributed by atoms with Gasteiger partial charge in [-0.3, -0.25) is 0 Å². The van der Waals surface area contributed by atoms with Gasteiger partial charge in [-0.05, 0) is 12.1 Å².